The molecule has 0 aliphatic heterocycles. The minimum atomic E-state index is -0.814. The molecule has 0 fully saturated rings. The van der Waals surface area contributed by atoms with Crippen LogP contribution < -0.4 is 4.74 Å². The summed E-state index contributed by atoms with van der Waals surface area (Å²) in [6, 6.07) is 4.91. The fourth-order valence-corrected chi connectivity index (χ4v) is 2.19. The lowest BCUT2D eigenvalue weighted by atomic mass is 9.88. The SMILES string of the molecule is CC(C)(C)C(O)C(Oc1ccc(Cl)cc1Cl)n1cncn1. The first-order valence-corrected chi connectivity index (χ1v) is 7.18. The zero-order valence-electron chi connectivity index (χ0n) is 12.0. The van der Waals surface area contributed by atoms with Gasteiger partial charge in [0.15, 0.2) is 0 Å². The van der Waals surface area contributed by atoms with Crippen molar-refractivity contribution in [3.05, 3.63) is 40.9 Å². The van der Waals surface area contributed by atoms with Crippen molar-refractivity contribution in [1.82, 2.24) is 14.8 Å². The van der Waals surface area contributed by atoms with Crippen molar-refractivity contribution in [3.8, 4) is 5.75 Å². The van der Waals surface area contributed by atoms with Gasteiger partial charge in [-0.2, -0.15) is 5.10 Å². The third kappa shape index (κ3) is 3.87. The van der Waals surface area contributed by atoms with E-state index < -0.39 is 17.7 Å². The minimum absolute atomic E-state index is 0.369. The molecule has 1 aromatic heterocycles. The summed E-state index contributed by atoms with van der Waals surface area (Å²) in [4.78, 5) is 3.89. The molecule has 5 nitrogen and oxygen atoms in total. The number of hydrogen-bond donors (Lipinski definition) is 1. The van der Waals surface area contributed by atoms with Crippen LogP contribution in [0.3, 0.4) is 0 Å². The molecule has 0 bridgehead atoms. The predicted octanol–water partition coefficient (Wildman–Crippen LogP) is 3.57. The molecule has 0 aliphatic rings. The van der Waals surface area contributed by atoms with Crippen molar-refractivity contribution < 1.29 is 9.84 Å². The fourth-order valence-electron chi connectivity index (χ4n) is 1.74. The van der Waals surface area contributed by atoms with Crippen LogP contribution >= 0.6 is 23.2 Å². The summed E-state index contributed by atoms with van der Waals surface area (Å²) >= 11 is 12.0. The summed E-state index contributed by atoms with van der Waals surface area (Å²) in [6.07, 6.45) is 1.32. The maximum Gasteiger partial charge on any atom is 0.219 e. The second-order valence-electron chi connectivity index (χ2n) is 5.77. The average Bonchev–Trinajstić information content (AvgIpc) is 2.90. The maximum absolute atomic E-state index is 10.5. The molecule has 0 amide bonds. The molecule has 2 rings (SSSR count). The highest BCUT2D eigenvalue weighted by Crippen LogP contribution is 2.34. The number of benzene rings is 1. The Morgan fingerprint density at radius 2 is 2.00 bits per heavy atom. The lowest BCUT2D eigenvalue weighted by Gasteiger charge is -2.33. The number of halogens is 2. The van der Waals surface area contributed by atoms with Crippen molar-refractivity contribution in [2.45, 2.75) is 33.1 Å². The van der Waals surface area contributed by atoms with E-state index in [9.17, 15) is 5.11 Å². The van der Waals surface area contributed by atoms with Gasteiger partial charge in [-0.05, 0) is 23.6 Å². The van der Waals surface area contributed by atoms with Crippen LogP contribution in [0.25, 0.3) is 0 Å². The van der Waals surface area contributed by atoms with Crippen molar-refractivity contribution in [1.29, 1.82) is 0 Å². The molecule has 7 heteroatoms. The van der Waals surface area contributed by atoms with Crippen molar-refractivity contribution in [2.75, 3.05) is 0 Å². The van der Waals surface area contributed by atoms with Crippen LogP contribution in [0.1, 0.15) is 27.0 Å². The van der Waals surface area contributed by atoms with Gasteiger partial charge in [0.2, 0.25) is 6.23 Å². The molecular formula is C14H17Cl2N3O2. The van der Waals surface area contributed by atoms with E-state index in [4.69, 9.17) is 27.9 Å². The van der Waals surface area contributed by atoms with Gasteiger partial charge in [-0.15, -0.1) is 0 Å². The average molecular weight is 330 g/mol. The maximum atomic E-state index is 10.5. The molecule has 2 unspecified atom stereocenters. The first kappa shape index (κ1) is 16.1. The second-order valence-corrected chi connectivity index (χ2v) is 6.61. The molecule has 1 heterocycles. The van der Waals surface area contributed by atoms with Gasteiger partial charge in [0, 0.05) is 5.02 Å². The molecule has 1 aromatic carbocycles. The lowest BCUT2D eigenvalue weighted by molar-refractivity contribution is -0.0730. The Hall–Kier alpha value is -1.30. The molecule has 0 saturated heterocycles. The third-order valence-corrected chi connectivity index (χ3v) is 3.53. The van der Waals surface area contributed by atoms with Crippen LogP contribution in [0.5, 0.6) is 5.75 Å². The summed E-state index contributed by atoms with van der Waals surface area (Å²) < 4.78 is 7.31. The number of aliphatic hydroxyl groups is 1. The second kappa shape index (κ2) is 6.22. The summed E-state index contributed by atoms with van der Waals surface area (Å²) in [7, 11) is 0. The summed E-state index contributed by atoms with van der Waals surface area (Å²) in [6.45, 7) is 5.73. The van der Waals surface area contributed by atoms with E-state index in [1.807, 2.05) is 20.8 Å². The van der Waals surface area contributed by atoms with Crippen molar-refractivity contribution in [3.63, 3.8) is 0 Å². The van der Waals surface area contributed by atoms with E-state index in [0.717, 1.165) is 0 Å². The molecule has 2 atom stereocenters. The summed E-state index contributed by atoms with van der Waals surface area (Å²) in [5, 5.41) is 15.5. The van der Waals surface area contributed by atoms with Crippen LogP contribution in [0.15, 0.2) is 30.9 Å². The zero-order chi connectivity index (χ0) is 15.6. The van der Waals surface area contributed by atoms with E-state index in [0.29, 0.717) is 15.8 Å². The molecule has 0 saturated carbocycles. The minimum Gasteiger partial charge on any atom is -0.464 e. The van der Waals surface area contributed by atoms with Gasteiger partial charge in [0.25, 0.3) is 0 Å². The molecule has 21 heavy (non-hydrogen) atoms. The quantitative estimate of drug-likeness (QED) is 0.931. The number of aliphatic hydroxyl groups excluding tert-OH is 1. The summed E-state index contributed by atoms with van der Waals surface area (Å²) in [5.41, 5.74) is -0.407. The van der Waals surface area contributed by atoms with Crippen LogP contribution in [-0.4, -0.2) is 26.0 Å². The Labute approximate surface area is 133 Å². The van der Waals surface area contributed by atoms with E-state index in [1.54, 1.807) is 18.2 Å². The Balaban J connectivity index is 2.33. The highest BCUT2D eigenvalue weighted by atomic mass is 35.5. The van der Waals surface area contributed by atoms with E-state index in [-0.39, 0.29) is 0 Å². The number of aromatic nitrogens is 3. The van der Waals surface area contributed by atoms with Gasteiger partial charge in [-0.25, -0.2) is 9.67 Å². The number of rotatable bonds is 4. The van der Waals surface area contributed by atoms with E-state index in [1.165, 1.54) is 17.3 Å². The monoisotopic (exact) mass is 329 g/mol. The largest absolute Gasteiger partial charge is 0.464 e. The first-order chi connectivity index (χ1) is 9.79. The molecule has 114 valence electrons. The molecule has 0 spiro atoms. The molecule has 1 N–H and O–H groups in total. The number of nitrogens with zero attached hydrogens (tertiary/aromatic N) is 3. The van der Waals surface area contributed by atoms with Crippen molar-refractivity contribution >= 4 is 23.2 Å². The van der Waals surface area contributed by atoms with Gasteiger partial charge in [-0.3, -0.25) is 0 Å². The fraction of sp³-hybridized carbons (Fsp3) is 0.429. The first-order valence-electron chi connectivity index (χ1n) is 6.43. The topological polar surface area (TPSA) is 60.2 Å². The van der Waals surface area contributed by atoms with Gasteiger partial charge < -0.3 is 9.84 Å². The molecule has 2 aromatic rings. The molecule has 0 aliphatic carbocycles. The number of hydrogen-bond acceptors (Lipinski definition) is 4. The van der Waals surface area contributed by atoms with E-state index in [2.05, 4.69) is 10.1 Å². The smallest absolute Gasteiger partial charge is 0.219 e. The van der Waals surface area contributed by atoms with Crippen molar-refractivity contribution in [2.24, 2.45) is 5.41 Å². The van der Waals surface area contributed by atoms with Crippen LogP contribution in [0, 0.1) is 5.41 Å². The van der Waals surface area contributed by atoms with Gasteiger partial charge in [0.05, 0.1) is 5.02 Å². The Kier molecular flexibility index (Phi) is 4.76. The van der Waals surface area contributed by atoms with Crippen LogP contribution in [0.2, 0.25) is 10.0 Å². The Morgan fingerprint density at radius 3 is 2.52 bits per heavy atom. The summed E-state index contributed by atoms with van der Waals surface area (Å²) in [5.74, 6) is 0.421. The Bertz CT molecular complexity index is 597. The zero-order valence-corrected chi connectivity index (χ0v) is 13.5. The van der Waals surface area contributed by atoms with Crippen LogP contribution in [-0.2, 0) is 0 Å². The van der Waals surface area contributed by atoms with Gasteiger partial charge in [0.1, 0.15) is 24.5 Å². The van der Waals surface area contributed by atoms with Gasteiger partial charge >= 0.3 is 0 Å². The standard InChI is InChI=1S/C14H17Cl2N3O2/c1-14(2,3)12(20)13(19-8-17-7-18-19)21-11-5-4-9(15)6-10(11)16/h4-8,12-13,20H,1-3H3. The molecular weight excluding hydrogens is 313 g/mol. The van der Waals surface area contributed by atoms with Gasteiger partial charge in [-0.1, -0.05) is 44.0 Å². The highest BCUT2D eigenvalue weighted by molar-refractivity contribution is 6.35. The highest BCUT2D eigenvalue weighted by Gasteiger charge is 2.34. The van der Waals surface area contributed by atoms with Crippen LogP contribution in [0.4, 0.5) is 0 Å². The van der Waals surface area contributed by atoms with E-state index >= 15 is 0 Å². The predicted molar refractivity (Wildman–Crippen MR) is 81.6 cm³/mol. The molecule has 0 radical (unpaired) electrons. The third-order valence-electron chi connectivity index (χ3n) is 3.00. The number of ether oxygens (including phenoxy) is 1. The normalized spacial score (nSPS) is 14.8. The Morgan fingerprint density at radius 1 is 1.29 bits per heavy atom. The lowest BCUT2D eigenvalue weighted by Crippen LogP contribution is -2.39.